The average Bonchev–Trinajstić information content (AvgIpc) is 3.20. The molecule has 10 nitrogen and oxygen atoms in total. The van der Waals surface area contributed by atoms with E-state index in [4.69, 9.17) is 4.74 Å². The second-order valence-electron chi connectivity index (χ2n) is 10.4. The zero-order valence-corrected chi connectivity index (χ0v) is 24.5. The average molecular weight is 575 g/mol. The predicted molar refractivity (Wildman–Crippen MR) is 165 cm³/mol. The summed E-state index contributed by atoms with van der Waals surface area (Å²) < 4.78 is 10.6. The van der Waals surface area contributed by atoms with Crippen LogP contribution in [-0.2, 0) is 11.8 Å². The van der Waals surface area contributed by atoms with Crippen molar-refractivity contribution in [2.24, 2.45) is 7.05 Å². The van der Waals surface area contributed by atoms with Crippen molar-refractivity contribution < 1.29 is 9.53 Å². The summed E-state index contributed by atoms with van der Waals surface area (Å²) in [4.78, 5) is 45.0. The number of nitrogens with zero attached hydrogens (tertiary/aromatic N) is 5. The number of para-hydroxylation sites is 1. The van der Waals surface area contributed by atoms with Crippen molar-refractivity contribution in [1.29, 1.82) is 5.26 Å². The Bertz CT molecular complexity index is 2060. The first-order chi connectivity index (χ1) is 20.6. The summed E-state index contributed by atoms with van der Waals surface area (Å²) in [6.45, 7) is 7.66. The molecule has 2 aromatic carbocycles. The number of amides is 1. The topological polar surface area (TPSA) is 123 Å². The predicted octanol–water partition coefficient (Wildman–Crippen LogP) is 5.26. The molecule has 0 unspecified atom stereocenters. The number of carbonyl (C=O) groups is 1. The van der Waals surface area contributed by atoms with E-state index in [-0.39, 0.29) is 23.0 Å². The number of ether oxygens (including phenoxy) is 1. The van der Waals surface area contributed by atoms with Gasteiger partial charge in [-0.05, 0) is 67.3 Å². The van der Waals surface area contributed by atoms with Crippen LogP contribution in [0.15, 0.2) is 88.1 Å². The summed E-state index contributed by atoms with van der Waals surface area (Å²) in [5.41, 5.74) is 1.83. The Kier molecular flexibility index (Phi) is 7.82. The number of nitriles is 1. The van der Waals surface area contributed by atoms with Crippen molar-refractivity contribution in [3.8, 4) is 23.4 Å². The third kappa shape index (κ3) is 5.48. The maximum absolute atomic E-state index is 13.7. The van der Waals surface area contributed by atoms with E-state index in [0.29, 0.717) is 22.8 Å². The highest BCUT2D eigenvalue weighted by molar-refractivity contribution is 6.10. The van der Waals surface area contributed by atoms with Crippen LogP contribution in [0.2, 0.25) is 0 Å². The van der Waals surface area contributed by atoms with Crippen LogP contribution < -0.4 is 21.2 Å². The zero-order chi connectivity index (χ0) is 30.8. The molecule has 216 valence electrons. The third-order valence-corrected chi connectivity index (χ3v) is 7.18. The number of carbonyl (C=O) groups excluding carboxylic acids is 1. The molecule has 0 spiro atoms. The van der Waals surface area contributed by atoms with Gasteiger partial charge in [-0.2, -0.15) is 10.2 Å². The highest BCUT2D eigenvalue weighted by atomic mass is 16.5. The van der Waals surface area contributed by atoms with Gasteiger partial charge in [-0.15, -0.1) is 0 Å². The van der Waals surface area contributed by atoms with Crippen LogP contribution in [0.3, 0.4) is 0 Å². The third-order valence-electron chi connectivity index (χ3n) is 7.18. The normalized spacial score (nSPS) is 11.5. The molecular weight excluding hydrogens is 544 g/mol. The van der Waals surface area contributed by atoms with Crippen molar-refractivity contribution in [2.75, 3.05) is 5.32 Å². The van der Waals surface area contributed by atoms with Gasteiger partial charge in [0.15, 0.2) is 0 Å². The second kappa shape index (κ2) is 11.7. The fourth-order valence-electron chi connectivity index (χ4n) is 4.78. The summed E-state index contributed by atoms with van der Waals surface area (Å²) >= 11 is 0. The summed E-state index contributed by atoms with van der Waals surface area (Å²) in [5.74, 6) is -0.270. The van der Waals surface area contributed by atoms with Crippen molar-refractivity contribution in [3.63, 3.8) is 0 Å². The summed E-state index contributed by atoms with van der Waals surface area (Å²) in [5, 5.41) is 12.6. The molecule has 3 heterocycles. The number of pyridine rings is 1. The van der Waals surface area contributed by atoms with Crippen LogP contribution in [0.5, 0.6) is 11.6 Å². The number of nitrogens with one attached hydrogen (secondary N) is 1. The molecule has 5 rings (SSSR count). The van der Waals surface area contributed by atoms with Crippen LogP contribution in [0.25, 0.3) is 17.4 Å². The van der Waals surface area contributed by atoms with Gasteiger partial charge in [0, 0.05) is 13.2 Å². The second-order valence-corrected chi connectivity index (χ2v) is 10.4. The number of hydrogen-bond acceptors (Lipinski definition) is 6. The fourth-order valence-corrected chi connectivity index (χ4v) is 4.78. The van der Waals surface area contributed by atoms with E-state index in [2.05, 4.69) is 10.3 Å². The van der Waals surface area contributed by atoms with Gasteiger partial charge in [0.05, 0.1) is 11.4 Å². The SMILES string of the molecule is Cc1ccc(C(C)C)c(Oc2nc3ccccn3c(=O)c2/C=C(\C#N)C(=O)Nc2c(C)n(C)n(-c3ccccc3)c2=O)c1. The molecule has 10 heteroatoms. The van der Waals surface area contributed by atoms with Crippen LogP contribution in [0.1, 0.15) is 42.1 Å². The van der Waals surface area contributed by atoms with E-state index in [1.54, 1.807) is 67.3 Å². The van der Waals surface area contributed by atoms with E-state index in [0.717, 1.165) is 17.2 Å². The molecule has 43 heavy (non-hydrogen) atoms. The van der Waals surface area contributed by atoms with Crippen LogP contribution in [0, 0.1) is 25.2 Å². The van der Waals surface area contributed by atoms with Gasteiger partial charge in [-0.1, -0.05) is 50.2 Å². The Labute approximate surface area is 247 Å². The molecule has 0 atom stereocenters. The van der Waals surface area contributed by atoms with Crippen molar-refractivity contribution >= 4 is 23.3 Å². The van der Waals surface area contributed by atoms with Gasteiger partial charge >= 0.3 is 0 Å². The van der Waals surface area contributed by atoms with E-state index >= 15 is 0 Å². The van der Waals surface area contributed by atoms with Crippen molar-refractivity contribution in [3.05, 3.63) is 122 Å². The molecule has 1 N–H and O–H groups in total. The minimum Gasteiger partial charge on any atom is -0.438 e. The molecule has 0 aliphatic carbocycles. The summed E-state index contributed by atoms with van der Waals surface area (Å²) in [7, 11) is 1.70. The molecule has 0 saturated heterocycles. The van der Waals surface area contributed by atoms with Crippen LogP contribution >= 0.6 is 0 Å². The lowest BCUT2D eigenvalue weighted by Gasteiger charge is -2.16. The lowest BCUT2D eigenvalue weighted by atomic mass is 10.0. The van der Waals surface area contributed by atoms with Crippen molar-refractivity contribution in [2.45, 2.75) is 33.6 Å². The number of rotatable bonds is 7. The fraction of sp³-hybridized carbons (Fsp3) is 0.182. The Balaban J connectivity index is 1.60. The molecule has 0 aliphatic heterocycles. The van der Waals surface area contributed by atoms with E-state index in [1.807, 2.05) is 51.1 Å². The maximum Gasteiger partial charge on any atom is 0.295 e. The molecule has 0 radical (unpaired) electrons. The number of anilines is 1. The monoisotopic (exact) mass is 574 g/mol. The van der Waals surface area contributed by atoms with Gasteiger partial charge in [0.1, 0.15) is 34.3 Å². The maximum atomic E-state index is 13.7. The molecule has 0 bridgehead atoms. The number of fused-ring (bicyclic) bond motifs is 1. The minimum atomic E-state index is -0.851. The summed E-state index contributed by atoms with van der Waals surface area (Å²) in [6.07, 6.45) is 2.70. The highest BCUT2D eigenvalue weighted by Crippen LogP contribution is 2.32. The largest absolute Gasteiger partial charge is 0.438 e. The van der Waals surface area contributed by atoms with Gasteiger partial charge in [-0.3, -0.25) is 23.5 Å². The molecular formula is C33H30N6O4. The van der Waals surface area contributed by atoms with Crippen LogP contribution in [-0.4, -0.2) is 24.7 Å². The Morgan fingerprint density at radius 3 is 2.44 bits per heavy atom. The van der Waals surface area contributed by atoms with Gasteiger partial charge < -0.3 is 10.1 Å². The van der Waals surface area contributed by atoms with Crippen LogP contribution in [0.4, 0.5) is 5.69 Å². The number of hydrogen-bond donors (Lipinski definition) is 1. The van der Waals surface area contributed by atoms with E-state index in [1.165, 1.54) is 9.08 Å². The Hall–Kier alpha value is -5.69. The van der Waals surface area contributed by atoms with Gasteiger partial charge in [-0.25, -0.2) is 4.68 Å². The molecule has 5 aromatic rings. The molecule has 0 aliphatic rings. The molecule has 0 fully saturated rings. The lowest BCUT2D eigenvalue weighted by Crippen LogP contribution is -2.24. The van der Waals surface area contributed by atoms with Crippen molar-refractivity contribution in [1.82, 2.24) is 18.7 Å². The van der Waals surface area contributed by atoms with E-state index < -0.39 is 22.6 Å². The highest BCUT2D eigenvalue weighted by Gasteiger charge is 2.22. The Morgan fingerprint density at radius 1 is 1.02 bits per heavy atom. The summed E-state index contributed by atoms with van der Waals surface area (Å²) in [6, 6.07) is 21.7. The number of aromatic nitrogens is 4. The zero-order valence-electron chi connectivity index (χ0n) is 24.5. The minimum absolute atomic E-state index is 0.0173. The molecule has 3 aromatic heterocycles. The number of benzene rings is 2. The first-order valence-corrected chi connectivity index (χ1v) is 13.7. The first kappa shape index (κ1) is 28.8. The molecule has 0 saturated carbocycles. The Morgan fingerprint density at radius 2 is 1.74 bits per heavy atom. The lowest BCUT2D eigenvalue weighted by molar-refractivity contribution is -0.112. The molecule has 1 amide bonds. The number of aryl methyl sites for hydroxylation is 1. The standard InChI is InChI=1S/C33H30N6O4/c1-20(2)25-15-14-21(3)17-27(25)43-31-26(32(41)38-16-10-9-13-28(38)35-31)18-23(19-34)30(40)36-29-22(4)37(5)39(33(29)42)24-11-7-6-8-12-24/h6-18,20H,1-5H3,(H,36,40)/b23-18+. The first-order valence-electron chi connectivity index (χ1n) is 13.7. The van der Waals surface area contributed by atoms with E-state index in [9.17, 15) is 19.6 Å². The quantitative estimate of drug-likeness (QED) is 0.209. The van der Waals surface area contributed by atoms with Gasteiger partial charge in [0.2, 0.25) is 5.88 Å². The van der Waals surface area contributed by atoms with Gasteiger partial charge in [0.25, 0.3) is 17.0 Å². The smallest absolute Gasteiger partial charge is 0.295 e.